The molecule has 0 heterocycles. The highest BCUT2D eigenvalue weighted by atomic mass is 28.3. The van der Waals surface area contributed by atoms with Gasteiger partial charge in [0.1, 0.15) is 0 Å². The lowest BCUT2D eigenvalue weighted by molar-refractivity contribution is -0.141. The predicted molar refractivity (Wildman–Crippen MR) is 141 cm³/mol. The maximum Gasteiger partial charge on any atom is 0.310 e. The lowest BCUT2D eigenvalue weighted by atomic mass is 9.98. The summed E-state index contributed by atoms with van der Waals surface area (Å²) in [5.74, 6) is -0.868. The van der Waals surface area contributed by atoms with Gasteiger partial charge >= 0.3 is 17.9 Å². The molecule has 1 aromatic rings. The molecule has 0 aliphatic carbocycles. The molecular weight excluding hydrogens is 469 g/mol. The Kier molecular flexibility index (Phi) is 9.50. The maximum atomic E-state index is 12.9. The molecule has 0 saturated heterocycles. The molecule has 3 unspecified atom stereocenters. The third-order valence-corrected chi connectivity index (χ3v) is 12.8. The zero-order valence-corrected chi connectivity index (χ0v) is 25.4. The fourth-order valence-electron chi connectivity index (χ4n) is 4.52. The van der Waals surface area contributed by atoms with Gasteiger partial charge in [-0.3, -0.25) is 14.4 Å². The van der Waals surface area contributed by atoms with Gasteiger partial charge in [0.25, 0.3) is 0 Å². The Morgan fingerprint density at radius 3 is 0.818 bits per heavy atom. The fourth-order valence-corrected chi connectivity index (χ4v) is 10.5. The highest BCUT2D eigenvalue weighted by Gasteiger charge is 2.42. The van der Waals surface area contributed by atoms with E-state index in [1.54, 1.807) is 0 Å². The van der Waals surface area contributed by atoms with Crippen molar-refractivity contribution in [3.05, 3.63) is 34.9 Å². The Bertz CT molecular complexity index is 751. The third kappa shape index (κ3) is 7.13. The smallest absolute Gasteiger partial charge is 0.310 e. The number of esters is 3. The van der Waals surface area contributed by atoms with Crippen LogP contribution >= 0.6 is 0 Å². The number of methoxy groups -OCH3 is 3. The van der Waals surface area contributed by atoms with Crippen molar-refractivity contribution in [2.24, 2.45) is 0 Å². The summed E-state index contributed by atoms with van der Waals surface area (Å²) < 4.78 is 15.6. The van der Waals surface area contributed by atoms with Gasteiger partial charge in [0, 0.05) is 0 Å². The molecular formula is C24H42O6Si3. The molecule has 0 aliphatic rings. The molecule has 186 valence electrons. The van der Waals surface area contributed by atoms with Gasteiger partial charge in [-0.25, -0.2) is 0 Å². The normalized spacial score (nSPS) is 15.3. The number of hydrogen-bond donors (Lipinski definition) is 0. The highest BCUT2D eigenvalue weighted by Crippen LogP contribution is 2.38. The fraction of sp³-hybridized carbons (Fsp3) is 0.625. The molecule has 0 saturated carbocycles. The van der Waals surface area contributed by atoms with Gasteiger partial charge in [-0.1, -0.05) is 77.1 Å². The van der Waals surface area contributed by atoms with E-state index in [0.29, 0.717) is 0 Å². The van der Waals surface area contributed by atoms with Crippen molar-refractivity contribution in [2.75, 3.05) is 21.3 Å². The number of hydrogen-bond acceptors (Lipinski definition) is 6. The minimum atomic E-state index is -2.07. The van der Waals surface area contributed by atoms with Crippen LogP contribution in [0.1, 0.15) is 33.3 Å². The zero-order chi connectivity index (χ0) is 25.9. The summed E-state index contributed by atoms with van der Waals surface area (Å²) in [5.41, 5.74) is 1.11. The molecule has 33 heavy (non-hydrogen) atoms. The summed E-state index contributed by atoms with van der Waals surface area (Å²) >= 11 is 0. The van der Waals surface area contributed by atoms with E-state index in [1.165, 1.54) is 21.3 Å². The van der Waals surface area contributed by atoms with E-state index in [0.717, 1.165) is 16.7 Å². The molecule has 3 atom stereocenters. The van der Waals surface area contributed by atoms with Crippen LogP contribution < -0.4 is 0 Å². The van der Waals surface area contributed by atoms with Crippen molar-refractivity contribution >= 4 is 42.1 Å². The van der Waals surface area contributed by atoms with Crippen LogP contribution in [-0.2, 0) is 28.6 Å². The van der Waals surface area contributed by atoms with E-state index >= 15 is 0 Å². The molecule has 0 N–H and O–H groups in total. The first kappa shape index (κ1) is 29.3. The second kappa shape index (κ2) is 10.7. The quantitative estimate of drug-likeness (QED) is 0.262. The molecule has 1 rings (SSSR count). The number of carbonyl (C=O) groups excluding carboxylic acids is 3. The van der Waals surface area contributed by atoms with Crippen molar-refractivity contribution in [2.45, 2.75) is 75.5 Å². The SMILES string of the molecule is COC(=O)C(c1cc(C(C(=O)OC)[Si](C)(C)C)cc(C(C(=O)OC)[Si](C)(C)C)c1)[Si](C)(C)C. The largest absolute Gasteiger partial charge is 0.469 e. The standard InChI is InChI=1S/C24H42O6Si3/c1-28-22(25)19(31(4,5)6)16-13-17(20(23(26)29-2)32(7,8)9)15-18(14-16)21(24(27)30-3)33(10,11)12/h13-15,19-21H,1-12H3. The number of ether oxygens (including phenoxy) is 3. The van der Waals surface area contributed by atoms with Crippen LogP contribution in [0.15, 0.2) is 18.2 Å². The summed E-state index contributed by atoms with van der Waals surface area (Å²) in [6, 6.07) is 5.88. The predicted octanol–water partition coefficient (Wildman–Crippen LogP) is 5.09. The van der Waals surface area contributed by atoms with Gasteiger partial charge in [-0.05, 0) is 16.7 Å². The van der Waals surface area contributed by atoms with E-state index in [4.69, 9.17) is 14.2 Å². The van der Waals surface area contributed by atoms with Gasteiger partial charge in [0.2, 0.25) is 0 Å². The number of benzene rings is 1. The maximum absolute atomic E-state index is 12.9. The van der Waals surface area contributed by atoms with Crippen molar-refractivity contribution in [1.29, 1.82) is 0 Å². The van der Waals surface area contributed by atoms with Gasteiger partial charge in [-0.15, -0.1) is 0 Å². The first-order chi connectivity index (χ1) is 14.9. The van der Waals surface area contributed by atoms with Crippen molar-refractivity contribution in [3.63, 3.8) is 0 Å². The lowest BCUT2D eigenvalue weighted by Gasteiger charge is -2.33. The minimum absolute atomic E-state index is 0.289. The zero-order valence-electron chi connectivity index (χ0n) is 22.4. The van der Waals surface area contributed by atoms with Crippen LogP contribution in [0.3, 0.4) is 0 Å². The molecule has 1 aromatic carbocycles. The second-order valence-corrected chi connectivity index (χ2v) is 27.8. The third-order valence-electron chi connectivity index (χ3n) is 5.91. The van der Waals surface area contributed by atoms with Gasteiger partial charge in [0.05, 0.1) is 62.2 Å². The molecule has 0 spiro atoms. The molecule has 9 heteroatoms. The highest BCUT2D eigenvalue weighted by molar-refractivity contribution is 6.81. The lowest BCUT2D eigenvalue weighted by Crippen LogP contribution is -2.41. The van der Waals surface area contributed by atoms with Crippen LogP contribution in [0, 0.1) is 0 Å². The topological polar surface area (TPSA) is 78.9 Å². The summed E-state index contributed by atoms with van der Waals surface area (Å²) in [5, 5.41) is 0. The molecule has 0 aromatic heterocycles. The van der Waals surface area contributed by atoms with Crippen LogP contribution in [0.5, 0.6) is 0 Å². The summed E-state index contributed by atoms with van der Waals surface area (Å²) in [6.07, 6.45) is 0. The van der Waals surface area contributed by atoms with E-state index in [9.17, 15) is 14.4 Å². The molecule has 6 nitrogen and oxygen atoms in total. The number of rotatable bonds is 9. The number of carbonyl (C=O) groups is 3. The average Bonchev–Trinajstić information content (AvgIpc) is 2.64. The average molecular weight is 511 g/mol. The van der Waals surface area contributed by atoms with Gasteiger partial charge in [-0.2, -0.15) is 0 Å². The molecule has 0 bridgehead atoms. The second-order valence-electron chi connectivity index (χ2n) is 11.9. The molecule has 0 fully saturated rings. The van der Waals surface area contributed by atoms with Crippen LogP contribution in [0.4, 0.5) is 0 Å². The monoisotopic (exact) mass is 510 g/mol. The minimum Gasteiger partial charge on any atom is -0.469 e. The van der Waals surface area contributed by atoms with Crippen molar-refractivity contribution in [3.8, 4) is 0 Å². The van der Waals surface area contributed by atoms with E-state index < -0.39 is 40.8 Å². The van der Waals surface area contributed by atoms with Crippen molar-refractivity contribution < 1.29 is 28.6 Å². The first-order valence-corrected chi connectivity index (χ1v) is 22.0. The molecule has 0 amide bonds. The summed E-state index contributed by atoms with van der Waals surface area (Å²) in [4.78, 5) is 38.8. The van der Waals surface area contributed by atoms with Gasteiger partial charge in [0.15, 0.2) is 0 Å². The Morgan fingerprint density at radius 1 is 0.515 bits per heavy atom. The van der Waals surface area contributed by atoms with E-state index in [1.807, 2.05) is 18.2 Å². The Morgan fingerprint density at radius 2 is 0.697 bits per heavy atom. The van der Waals surface area contributed by atoms with Crippen LogP contribution in [0.25, 0.3) is 0 Å². The molecule has 0 radical (unpaired) electrons. The summed E-state index contributed by atoms with van der Waals surface area (Å²) in [6.45, 7) is 19.1. The molecule has 0 aliphatic heterocycles. The Labute approximate surface area is 202 Å². The summed E-state index contributed by atoms with van der Waals surface area (Å²) in [7, 11) is -2.02. The van der Waals surface area contributed by atoms with E-state index in [-0.39, 0.29) is 17.9 Å². The van der Waals surface area contributed by atoms with Crippen LogP contribution in [0.2, 0.25) is 58.9 Å². The van der Waals surface area contributed by atoms with Gasteiger partial charge < -0.3 is 14.2 Å². The Hall–Kier alpha value is -1.72. The van der Waals surface area contributed by atoms with Crippen LogP contribution in [-0.4, -0.2) is 63.5 Å². The Balaban J connectivity index is 4.07. The first-order valence-electron chi connectivity index (χ1n) is 11.3. The van der Waals surface area contributed by atoms with E-state index in [2.05, 4.69) is 58.9 Å². The van der Waals surface area contributed by atoms with Crippen molar-refractivity contribution in [1.82, 2.24) is 0 Å².